The van der Waals surface area contributed by atoms with Crippen molar-refractivity contribution in [2.75, 3.05) is 5.32 Å². The predicted molar refractivity (Wildman–Crippen MR) is 91.3 cm³/mol. The highest BCUT2D eigenvalue weighted by Gasteiger charge is 2.16. The van der Waals surface area contributed by atoms with E-state index in [0.717, 1.165) is 0 Å². The van der Waals surface area contributed by atoms with Crippen LogP contribution in [-0.2, 0) is 4.79 Å². The molecule has 2 amide bonds. The van der Waals surface area contributed by atoms with Gasteiger partial charge in [0.2, 0.25) is 0 Å². The first kappa shape index (κ1) is 15.7. The highest BCUT2D eigenvalue weighted by atomic mass is 32.1. The summed E-state index contributed by atoms with van der Waals surface area (Å²) in [6.07, 6.45) is 4.53. The summed E-state index contributed by atoms with van der Waals surface area (Å²) < 4.78 is 5.22. The molecule has 0 saturated heterocycles. The third-order valence-electron chi connectivity index (χ3n) is 3.01. The first-order valence-electron chi connectivity index (χ1n) is 7.05. The quantitative estimate of drug-likeness (QED) is 0.699. The number of nitrogens with zero attached hydrogens (tertiary/aromatic N) is 1. The lowest BCUT2D eigenvalue weighted by molar-refractivity contribution is -0.113. The van der Waals surface area contributed by atoms with Gasteiger partial charge in [-0.3, -0.25) is 14.9 Å². The van der Waals surface area contributed by atoms with Crippen LogP contribution in [0.15, 0.2) is 70.4 Å². The number of benzene rings is 1. The average molecular weight is 339 g/mol. The fraction of sp³-hybridized carbons (Fsp3) is 0. The smallest absolute Gasteiger partial charge is 0.274 e. The summed E-state index contributed by atoms with van der Waals surface area (Å²) in [6, 6.07) is 12.0. The van der Waals surface area contributed by atoms with Crippen LogP contribution in [0, 0.1) is 0 Å². The second-order valence-electron chi connectivity index (χ2n) is 4.68. The fourth-order valence-electron chi connectivity index (χ4n) is 1.91. The molecule has 0 aliphatic rings. The summed E-state index contributed by atoms with van der Waals surface area (Å²) in [4.78, 5) is 28.7. The maximum atomic E-state index is 12.4. The maximum Gasteiger partial charge on any atom is 0.274 e. The summed E-state index contributed by atoms with van der Waals surface area (Å²) in [5.41, 5.74) is 0.513. The average Bonchev–Trinajstić information content (AvgIpc) is 3.29. The molecule has 3 rings (SSSR count). The van der Waals surface area contributed by atoms with Crippen molar-refractivity contribution in [2.24, 2.45) is 0 Å². The Morgan fingerprint density at radius 3 is 2.62 bits per heavy atom. The van der Waals surface area contributed by atoms with Gasteiger partial charge >= 0.3 is 0 Å². The molecule has 2 N–H and O–H groups in total. The van der Waals surface area contributed by atoms with Crippen LogP contribution in [-0.4, -0.2) is 16.8 Å². The van der Waals surface area contributed by atoms with E-state index in [-0.39, 0.29) is 11.6 Å². The summed E-state index contributed by atoms with van der Waals surface area (Å²) >= 11 is 1.29. The van der Waals surface area contributed by atoms with Crippen molar-refractivity contribution in [3.05, 3.63) is 77.3 Å². The fourth-order valence-corrected chi connectivity index (χ4v) is 2.43. The third kappa shape index (κ3) is 3.96. The largest absolute Gasteiger partial charge is 0.465 e. The Balaban J connectivity index is 1.82. The molecule has 0 spiro atoms. The van der Waals surface area contributed by atoms with Crippen LogP contribution in [0.3, 0.4) is 0 Å². The molecule has 0 bridgehead atoms. The lowest BCUT2D eigenvalue weighted by Crippen LogP contribution is -2.30. The minimum Gasteiger partial charge on any atom is -0.465 e. The first-order chi connectivity index (χ1) is 11.7. The zero-order chi connectivity index (χ0) is 16.8. The zero-order valence-electron chi connectivity index (χ0n) is 12.4. The number of furan rings is 1. The Bertz CT molecular complexity index is 841. The van der Waals surface area contributed by atoms with Gasteiger partial charge in [0.05, 0.1) is 6.26 Å². The Morgan fingerprint density at radius 2 is 1.96 bits per heavy atom. The molecule has 0 atom stereocenters. The van der Waals surface area contributed by atoms with Gasteiger partial charge in [0, 0.05) is 23.2 Å². The number of anilines is 1. The van der Waals surface area contributed by atoms with E-state index in [1.165, 1.54) is 23.7 Å². The van der Waals surface area contributed by atoms with E-state index < -0.39 is 5.91 Å². The van der Waals surface area contributed by atoms with Crippen molar-refractivity contribution >= 4 is 34.4 Å². The number of aromatic nitrogens is 1. The number of carbonyl (C=O) groups excluding carboxylic acids is 2. The molecule has 0 radical (unpaired) electrons. The molecular formula is C17H13N3O3S. The highest BCUT2D eigenvalue weighted by Crippen LogP contribution is 2.13. The van der Waals surface area contributed by atoms with Crippen LogP contribution in [0.4, 0.5) is 5.13 Å². The summed E-state index contributed by atoms with van der Waals surface area (Å²) in [5, 5.41) is 7.43. The Labute approximate surface area is 141 Å². The van der Waals surface area contributed by atoms with Crippen LogP contribution in [0.2, 0.25) is 0 Å². The first-order valence-corrected chi connectivity index (χ1v) is 7.93. The van der Waals surface area contributed by atoms with Crippen LogP contribution in [0.5, 0.6) is 0 Å². The van der Waals surface area contributed by atoms with Gasteiger partial charge < -0.3 is 9.73 Å². The van der Waals surface area contributed by atoms with E-state index in [2.05, 4.69) is 15.6 Å². The van der Waals surface area contributed by atoms with Gasteiger partial charge in [-0.25, -0.2) is 4.98 Å². The topological polar surface area (TPSA) is 84.2 Å². The molecule has 0 unspecified atom stereocenters. The lowest BCUT2D eigenvalue weighted by Gasteiger charge is -2.09. The Hall–Kier alpha value is -3.19. The van der Waals surface area contributed by atoms with Crippen molar-refractivity contribution in [3.8, 4) is 0 Å². The molecule has 24 heavy (non-hydrogen) atoms. The molecule has 1 aromatic carbocycles. The van der Waals surface area contributed by atoms with Gasteiger partial charge in [0.25, 0.3) is 11.8 Å². The molecular weight excluding hydrogens is 326 g/mol. The molecule has 0 aliphatic carbocycles. The third-order valence-corrected chi connectivity index (χ3v) is 3.70. The minimum absolute atomic E-state index is 0.0639. The van der Waals surface area contributed by atoms with Crippen molar-refractivity contribution in [1.82, 2.24) is 10.3 Å². The Morgan fingerprint density at radius 1 is 1.12 bits per heavy atom. The monoisotopic (exact) mass is 339 g/mol. The number of carbonyl (C=O) groups is 2. The number of hydrogen-bond acceptors (Lipinski definition) is 5. The van der Waals surface area contributed by atoms with Gasteiger partial charge in [-0.05, 0) is 24.3 Å². The molecule has 0 saturated carbocycles. The number of hydrogen-bond donors (Lipinski definition) is 2. The van der Waals surface area contributed by atoms with Gasteiger partial charge in [-0.2, -0.15) is 0 Å². The zero-order valence-corrected chi connectivity index (χ0v) is 13.2. The van der Waals surface area contributed by atoms with E-state index in [4.69, 9.17) is 4.42 Å². The van der Waals surface area contributed by atoms with E-state index in [0.29, 0.717) is 16.5 Å². The van der Waals surface area contributed by atoms with Crippen molar-refractivity contribution in [1.29, 1.82) is 0 Å². The molecule has 0 aliphatic heterocycles. The van der Waals surface area contributed by atoms with Crippen LogP contribution < -0.4 is 10.6 Å². The van der Waals surface area contributed by atoms with Crippen molar-refractivity contribution < 1.29 is 14.0 Å². The predicted octanol–water partition coefficient (Wildman–Crippen LogP) is 3.15. The second kappa shape index (κ2) is 7.38. The van der Waals surface area contributed by atoms with E-state index in [1.807, 2.05) is 6.07 Å². The number of thiazole rings is 1. The SMILES string of the molecule is O=C(Nc1nccs1)/C(=C/c1ccco1)NC(=O)c1ccccc1. The summed E-state index contributed by atoms with van der Waals surface area (Å²) in [7, 11) is 0. The number of nitrogens with one attached hydrogen (secondary N) is 2. The molecule has 2 aromatic heterocycles. The standard InChI is InChI=1S/C17H13N3O3S/c21-15(12-5-2-1-3-6-12)19-14(11-13-7-4-9-23-13)16(22)20-17-18-8-10-24-17/h1-11H,(H,19,21)(H,18,20,22)/b14-11-. The highest BCUT2D eigenvalue weighted by molar-refractivity contribution is 7.13. The molecule has 120 valence electrons. The van der Waals surface area contributed by atoms with Crippen LogP contribution >= 0.6 is 11.3 Å². The number of amides is 2. The molecule has 2 heterocycles. The number of rotatable bonds is 5. The van der Waals surface area contributed by atoms with Crippen LogP contribution in [0.25, 0.3) is 6.08 Å². The maximum absolute atomic E-state index is 12.4. The molecule has 7 heteroatoms. The van der Waals surface area contributed by atoms with Gasteiger partial charge in [0.1, 0.15) is 11.5 Å². The summed E-state index contributed by atoms with van der Waals surface area (Å²) in [5.74, 6) is -0.416. The van der Waals surface area contributed by atoms with Crippen molar-refractivity contribution in [2.45, 2.75) is 0 Å². The van der Waals surface area contributed by atoms with E-state index >= 15 is 0 Å². The second-order valence-corrected chi connectivity index (χ2v) is 5.58. The van der Waals surface area contributed by atoms with Crippen molar-refractivity contribution in [3.63, 3.8) is 0 Å². The van der Waals surface area contributed by atoms with E-state index in [9.17, 15) is 9.59 Å². The lowest BCUT2D eigenvalue weighted by atomic mass is 10.2. The van der Waals surface area contributed by atoms with Gasteiger partial charge in [0.15, 0.2) is 5.13 Å². The normalized spacial score (nSPS) is 11.1. The molecule has 6 nitrogen and oxygen atoms in total. The Kier molecular flexibility index (Phi) is 4.83. The van der Waals surface area contributed by atoms with Gasteiger partial charge in [-0.15, -0.1) is 11.3 Å². The molecule has 3 aromatic rings. The van der Waals surface area contributed by atoms with Gasteiger partial charge in [-0.1, -0.05) is 18.2 Å². The van der Waals surface area contributed by atoms with Crippen LogP contribution in [0.1, 0.15) is 16.1 Å². The van der Waals surface area contributed by atoms with E-state index in [1.54, 1.807) is 48.0 Å². The summed E-state index contributed by atoms with van der Waals surface area (Å²) in [6.45, 7) is 0. The molecule has 0 fully saturated rings. The minimum atomic E-state index is -0.481.